The first kappa shape index (κ1) is 18.4. The van der Waals surface area contributed by atoms with E-state index in [9.17, 15) is 20.3 Å². The average Bonchev–Trinajstić information content (AvgIpc) is 2.99. The highest BCUT2D eigenvalue weighted by Crippen LogP contribution is 2.32. The van der Waals surface area contributed by atoms with E-state index in [2.05, 4.69) is 15.3 Å². The lowest BCUT2D eigenvalue weighted by Crippen LogP contribution is -1.97. The van der Waals surface area contributed by atoms with Crippen molar-refractivity contribution >= 4 is 23.7 Å². The Balaban J connectivity index is 1.85. The van der Waals surface area contributed by atoms with Crippen molar-refractivity contribution < 1.29 is 15.1 Å². The summed E-state index contributed by atoms with van der Waals surface area (Å²) in [5, 5.41) is 43.2. The Labute approximate surface area is 158 Å². The molecule has 138 valence electrons. The van der Waals surface area contributed by atoms with Crippen molar-refractivity contribution in [1.29, 1.82) is 0 Å². The van der Waals surface area contributed by atoms with Gasteiger partial charge >= 0.3 is 5.69 Å². The van der Waals surface area contributed by atoms with Crippen LogP contribution < -0.4 is 0 Å². The van der Waals surface area contributed by atoms with Crippen molar-refractivity contribution in [3.63, 3.8) is 0 Å². The lowest BCUT2D eigenvalue weighted by molar-refractivity contribution is -0.385. The molecule has 0 aliphatic rings. The van der Waals surface area contributed by atoms with E-state index in [1.807, 2.05) is 30.3 Å². The van der Waals surface area contributed by atoms with Crippen LogP contribution in [0.25, 0.3) is 0 Å². The maximum Gasteiger partial charge on any atom is 0.311 e. The van der Waals surface area contributed by atoms with Crippen molar-refractivity contribution in [3.05, 3.63) is 69.5 Å². The van der Waals surface area contributed by atoms with Gasteiger partial charge in [0.2, 0.25) is 5.16 Å². The molecule has 0 saturated heterocycles. The summed E-state index contributed by atoms with van der Waals surface area (Å²) in [6.07, 6.45) is 1.25. The predicted molar refractivity (Wildman–Crippen MR) is 100 cm³/mol. The van der Waals surface area contributed by atoms with Gasteiger partial charge in [0.25, 0.3) is 0 Å². The fourth-order valence-electron chi connectivity index (χ4n) is 2.23. The number of phenolic OH excluding ortho intramolecular Hbond substituents is 2. The number of nitrogens with zero attached hydrogens (tertiary/aromatic N) is 5. The molecule has 1 heterocycles. The molecule has 0 amide bonds. The fraction of sp³-hybridized carbons (Fsp3) is 0.118. The Kier molecular flexibility index (Phi) is 5.36. The molecule has 0 saturated carbocycles. The van der Waals surface area contributed by atoms with Crippen molar-refractivity contribution in [2.75, 3.05) is 0 Å². The number of phenols is 2. The Morgan fingerprint density at radius 3 is 2.67 bits per heavy atom. The number of nitro groups is 1. The number of aromatic hydroxyl groups is 2. The van der Waals surface area contributed by atoms with Crippen LogP contribution in [0, 0.1) is 17.0 Å². The highest BCUT2D eigenvalue weighted by Gasteiger charge is 2.17. The quantitative estimate of drug-likeness (QED) is 0.289. The van der Waals surface area contributed by atoms with Crippen LogP contribution in [0.3, 0.4) is 0 Å². The number of hydrogen-bond donors (Lipinski definition) is 2. The molecule has 0 unspecified atom stereocenters. The number of benzene rings is 2. The minimum atomic E-state index is -0.739. The average molecular weight is 385 g/mol. The zero-order valence-electron chi connectivity index (χ0n) is 14.2. The molecule has 10 heteroatoms. The SMILES string of the molecule is Cc1nnc(SCc2ccccc2)n1/N=C/c1cc([N+](=O)[O-])c(O)cc1O. The van der Waals surface area contributed by atoms with Crippen molar-refractivity contribution in [2.24, 2.45) is 5.10 Å². The van der Waals surface area contributed by atoms with Gasteiger partial charge in [-0.1, -0.05) is 42.1 Å². The van der Waals surface area contributed by atoms with Crippen LogP contribution in [0.1, 0.15) is 17.0 Å². The third kappa shape index (κ3) is 4.23. The summed E-state index contributed by atoms with van der Waals surface area (Å²) < 4.78 is 1.48. The van der Waals surface area contributed by atoms with Gasteiger partial charge in [0, 0.05) is 23.4 Å². The molecule has 9 nitrogen and oxygen atoms in total. The van der Waals surface area contributed by atoms with Crippen LogP contribution in [0.2, 0.25) is 0 Å². The summed E-state index contributed by atoms with van der Waals surface area (Å²) in [4.78, 5) is 10.2. The van der Waals surface area contributed by atoms with E-state index in [4.69, 9.17) is 0 Å². The molecular formula is C17H15N5O4S. The molecule has 0 spiro atoms. The standard InChI is InChI=1S/C17H15N5O4S/c1-11-19-20-17(27-10-12-5-3-2-4-6-12)21(11)18-9-13-7-14(22(25)26)16(24)8-15(13)23/h2-9,23-24H,10H2,1H3/b18-9+. The normalized spacial score (nSPS) is 11.1. The van der Waals surface area contributed by atoms with Crippen molar-refractivity contribution in [3.8, 4) is 11.5 Å². The topological polar surface area (TPSA) is 127 Å². The van der Waals surface area contributed by atoms with E-state index in [0.29, 0.717) is 16.7 Å². The Morgan fingerprint density at radius 1 is 1.22 bits per heavy atom. The molecule has 3 aromatic rings. The van der Waals surface area contributed by atoms with Crippen LogP contribution in [-0.2, 0) is 5.75 Å². The Hall–Kier alpha value is -3.40. The molecule has 0 aliphatic carbocycles. The largest absolute Gasteiger partial charge is 0.507 e. The number of thioether (sulfide) groups is 1. The van der Waals surface area contributed by atoms with Crippen LogP contribution in [-0.4, -0.2) is 36.2 Å². The van der Waals surface area contributed by atoms with Crippen LogP contribution in [0.15, 0.2) is 52.7 Å². The maximum atomic E-state index is 10.9. The predicted octanol–water partition coefficient (Wildman–Crippen LogP) is 3.08. The van der Waals surface area contributed by atoms with E-state index in [0.717, 1.165) is 17.7 Å². The molecule has 2 N–H and O–H groups in total. The number of aryl methyl sites for hydroxylation is 1. The van der Waals surface area contributed by atoms with Gasteiger partial charge in [-0.05, 0) is 12.5 Å². The highest BCUT2D eigenvalue weighted by atomic mass is 32.2. The second-order valence-electron chi connectivity index (χ2n) is 5.52. The lowest BCUT2D eigenvalue weighted by atomic mass is 10.2. The summed E-state index contributed by atoms with van der Waals surface area (Å²) in [5.41, 5.74) is 0.686. The molecule has 2 aromatic carbocycles. The summed E-state index contributed by atoms with van der Waals surface area (Å²) in [5.74, 6) is 0.250. The lowest BCUT2D eigenvalue weighted by Gasteiger charge is -2.04. The maximum absolute atomic E-state index is 10.9. The summed E-state index contributed by atoms with van der Waals surface area (Å²) in [7, 11) is 0. The monoisotopic (exact) mass is 385 g/mol. The summed E-state index contributed by atoms with van der Waals surface area (Å²) in [6.45, 7) is 1.72. The van der Waals surface area contributed by atoms with Gasteiger partial charge in [-0.25, -0.2) is 0 Å². The Morgan fingerprint density at radius 2 is 1.96 bits per heavy atom. The van der Waals surface area contributed by atoms with Crippen LogP contribution in [0.4, 0.5) is 5.69 Å². The molecule has 0 radical (unpaired) electrons. The second kappa shape index (κ2) is 7.87. The number of aromatic nitrogens is 3. The molecule has 0 fully saturated rings. The molecule has 0 bridgehead atoms. The smallest absolute Gasteiger partial charge is 0.311 e. The number of hydrogen-bond acceptors (Lipinski definition) is 8. The Bertz CT molecular complexity index is 1000. The van der Waals surface area contributed by atoms with E-state index in [1.54, 1.807) is 6.92 Å². The van der Waals surface area contributed by atoms with Crippen molar-refractivity contribution in [2.45, 2.75) is 17.8 Å². The van der Waals surface area contributed by atoms with E-state index in [-0.39, 0.29) is 11.3 Å². The second-order valence-corrected chi connectivity index (χ2v) is 6.46. The first-order valence-corrected chi connectivity index (χ1v) is 8.77. The molecule has 3 rings (SSSR count). The van der Waals surface area contributed by atoms with E-state index in [1.165, 1.54) is 22.7 Å². The third-order valence-electron chi connectivity index (χ3n) is 3.61. The zero-order chi connectivity index (χ0) is 19.4. The zero-order valence-corrected chi connectivity index (χ0v) is 15.0. The molecule has 1 aromatic heterocycles. The third-order valence-corrected chi connectivity index (χ3v) is 4.60. The van der Waals surface area contributed by atoms with Crippen LogP contribution in [0.5, 0.6) is 11.5 Å². The van der Waals surface area contributed by atoms with E-state index < -0.39 is 16.4 Å². The van der Waals surface area contributed by atoms with Gasteiger partial charge in [-0.3, -0.25) is 10.1 Å². The van der Waals surface area contributed by atoms with Gasteiger partial charge in [-0.15, -0.1) is 10.2 Å². The van der Waals surface area contributed by atoms with Gasteiger partial charge < -0.3 is 10.2 Å². The summed E-state index contributed by atoms with van der Waals surface area (Å²) >= 11 is 1.44. The molecular weight excluding hydrogens is 370 g/mol. The van der Waals surface area contributed by atoms with Crippen LogP contribution >= 0.6 is 11.8 Å². The minimum absolute atomic E-state index is 0.0895. The molecule has 27 heavy (non-hydrogen) atoms. The van der Waals surface area contributed by atoms with Gasteiger partial charge in [-0.2, -0.15) is 9.78 Å². The molecule has 0 atom stereocenters. The minimum Gasteiger partial charge on any atom is -0.507 e. The van der Waals surface area contributed by atoms with Gasteiger partial charge in [0.1, 0.15) is 5.75 Å². The van der Waals surface area contributed by atoms with Gasteiger partial charge in [0.05, 0.1) is 11.1 Å². The number of nitro benzene ring substituents is 1. The fourth-order valence-corrected chi connectivity index (χ4v) is 3.12. The molecule has 0 aliphatic heterocycles. The van der Waals surface area contributed by atoms with E-state index >= 15 is 0 Å². The highest BCUT2D eigenvalue weighted by molar-refractivity contribution is 7.98. The summed E-state index contributed by atoms with van der Waals surface area (Å²) in [6, 6.07) is 11.8. The number of rotatable bonds is 6. The van der Waals surface area contributed by atoms with Crippen molar-refractivity contribution in [1.82, 2.24) is 14.9 Å². The first-order chi connectivity index (χ1) is 13.0. The van der Waals surface area contributed by atoms with Gasteiger partial charge in [0.15, 0.2) is 11.6 Å². The first-order valence-electron chi connectivity index (χ1n) is 7.79.